The SMILES string of the molecule is O=C(O)c1nc(CNC2CC2)n2cccc(O)c12. The van der Waals surface area contributed by atoms with Crippen LogP contribution in [0.15, 0.2) is 18.3 Å². The number of nitrogens with zero attached hydrogens (tertiary/aromatic N) is 2. The van der Waals surface area contributed by atoms with Gasteiger partial charge in [-0.2, -0.15) is 0 Å². The van der Waals surface area contributed by atoms with E-state index < -0.39 is 5.97 Å². The molecule has 0 aliphatic heterocycles. The highest BCUT2D eigenvalue weighted by Crippen LogP contribution is 2.24. The van der Waals surface area contributed by atoms with E-state index in [-0.39, 0.29) is 17.0 Å². The summed E-state index contributed by atoms with van der Waals surface area (Å²) >= 11 is 0. The van der Waals surface area contributed by atoms with Crippen LogP contribution in [-0.4, -0.2) is 31.6 Å². The first-order valence-corrected chi connectivity index (χ1v) is 5.82. The first-order valence-electron chi connectivity index (χ1n) is 5.82. The first-order chi connectivity index (χ1) is 8.66. The molecule has 2 aromatic rings. The molecule has 0 amide bonds. The fourth-order valence-corrected chi connectivity index (χ4v) is 1.98. The van der Waals surface area contributed by atoms with Crippen molar-refractivity contribution in [1.82, 2.24) is 14.7 Å². The van der Waals surface area contributed by atoms with Crippen LogP contribution in [0.25, 0.3) is 5.52 Å². The monoisotopic (exact) mass is 247 g/mol. The van der Waals surface area contributed by atoms with Crippen molar-refractivity contribution in [3.8, 4) is 5.75 Å². The van der Waals surface area contributed by atoms with Crippen LogP contribution >= 0.6 is 0 Å². The van der Waals surface area contributed by atoms with Gasteiger partial charge in [-0.25, -0.2) is 9.78 Å². The van der Waals surface area contributed by atoms with E-state index in [1.54, 1.807) is 16.7 Å². The highest BCUT2D eigenvalue weighted by atomic mass is 16.4. The summed E-state index contributed by atoms with van der Waals surface area (Å²) in [6, 6.07) is 3.64. The first kappa shape index (κ1) is 11.0. The number of carboxylic acids is 1. The molecule has 3 N–H and O–H groups in total. The topological polar surface area (TPSA) is 86.9 Å². The fraction of sp³-hybridized carbons (Fsp3) is 0.333. The molecule has 0 atom stereocenters. The highest BCUT2D eigenvalue weighted by molar-refractivity contribution is 5.95. The molecule has 6 heteroatoms. The lowest BCUT2D eigenvalue weighted by atomic mass is 10.3. The molecular weight excluding hydrogens is 234 g/mol. The number of rotatable bonds is 4. The number of hydrogen-bond donors (Lipinski definition) is 3. The zero-order valence-corrected chi connectivity index (χ0v) is 9.63. The Bertz CT molecular complexity index is 616. The van der Waals surface area contributed by atoms with E-state index in [0.29, 0.717) is 18.4 Å². The van der Waals surface area contributed by atoms with E-state index in [4.69, 9.17) is 5.11 Å². The van der Waals surface area contributed by atoms with E-state index in [0.717, 1.165) is 12.8 Å². The molecule has 1 saturated carbocycles. The van der Waals surface area contributed by atoms with Gasteiger partial charge in [-0.15, -0.1) is 0 Å². The molecule has 2 heterocycles. The third-order valence-electron chi connectivity index (χ3n) is 3.04. The lowest BCUT2D eigenvalue weighted by molar-refractivity contribution is 0.0693. The van der Waals surface area contributed by atoms with Crippen LogP contribution in [0.3, 0.4) is 0 Å². The van der Waals surface area contributed by atoms with Gasteiger partial charge in [0.25, 0.3) is 0 Å². The zero-order valence-electron chi connectivity index (χ0n) is 9.63. The average molecular weight is 247 g/mol. The lowest BCUT2D eigenvalue weighted by Gasteiger charge is -2.02. The molecule has 2 aromatic heterocycles. The van der Waals surface area contributed by atoms with Crippen molar-refractivity contribution in [1.29, 1.82) is 0 Å². The van der Waals surface area contributed by atoms with Gasteiger partial charge in [0.1, 0.15) is 17.1 Å². The molecule has 18 heavy (non-hydrogen) atoms. The summed E-state index contributed by atoms with van der Waals surface area (Å²) in [4.78, 5) is 15.2. The minimum absolute atomic E-state index is 0.0694. The largest absolute Gasteiger partial charge is 0.506 e. The number of nitrogens with one attached hydrogen (secondary N) is 1. The number of fused-ring (bicyclic) bond motifs is 1. The van der Waals surface area contributed by atoms with Crippen LogP contribution in [0.4, 0.5) is 0 Å². The van der Waals surface area contributed by atoms with Crippen molar-refractivity contribution >= 4 is 11.5 Å². The van der Waals surface area contributed by atoms with Gasteiger partial charge in [-0.1, -0.05) is 0 Å². The molecule has 0 aromatic carbocycles. The smallest absolute Gasteiger partial charge is 0.356 e. The van der Waals surface area contributed by atoms with E-state index in [2.05, 4.69) is 10.3 Å². The average Bonchev–Trinajstić information content (AvgIpc) is 3.08. The minimum Gasteiger partial charge on any atom is -0.506 e. The summed E-state index contributed by atoms with van der Waals surface area (Å²) in [5.41, 5.74) is 0.137. The van der Waals surface area contributed by atoms with Crippen molar-refractivity contribution in [3.05, 3.63) is 29.8 Å². The number of carboxylic acid groups (broad SMARTS) is 1. The predicted molar refractivity (Wildman–Crippen MR) is 63.7 cm³/mol. The summed E-state index contributed by atoms with van der Waals surface area (Å²) in [5.74, 6) is -0.600. The molecule has 94 valence electrons. The van der Waals surface area contributed by atoms with Crippen molar-refractivity contribution in [3.63, 3.8) is 0 Å². The molecule has 1 fully saturated rings. The standard InChI is InChI=1S/C12H13N3O3/c16-8-2-1-5-15-9(6-13-7-3-4-7)14-10(11(8)15)12(17)18/h1-2,5,7,13,16H,3-4,6H2,(H,17,18). The number of aromatic hydroxyl groups is 1. The second kappa shape index (κ2) is 3.99. The van der Waals surface area contributed by atoms with Gasteiger partial charge < -0.3 is 15.5 Å². The maximum absolute atomic E-state index is 11.1. The molecule has 1 aliphatic carbocycles. The third-order valence-corrected chi connectivity index (χ3v) is 3.04. The van der Waals surface area contributed by atoms with Crippen LogP contribution in [0.5, 0.6) is 5.75 Å². The molecule has 6 nitrogen and oxygen atoms in total. The molecule has 0 radical (unpaired) electrons. The molecule has 3 rings (SSSR count). The van der Waals surface area contributed by atoms with Gasteiger partial charge in [-0.05, 0) is 25.0 Å². The van der Waals surface area contributed by atoms with Gasteiger partial charge in [0.2, 0.25) is 0 Å². The molecule has 0 bridgehead atoms. The normalized spacial score (nSPS) is 15.1. The Balaban J connectivity index is 2.07. The third kappa shape index (κ3) is 1.80. The Morgan fingerprint density at radius 3 is 3.00 bits per heavy atom. The van der Waals surface area contributed by atoms with Gasteiger partial charge in [-0.3, -0.25) is 4.40 Å². The molecule has 0 saturated heterocycles. The summed E-state index contributed by atoms with van der Waals surface area (Å²) in [6.07, 6.45) is 4.01. The Morgan fingerprint density at radius 1 is 1.56 bits per heavy atom. The van der Waals surface area contributed by atoms with Gasteiger partial charge in [0.05, 0.1) is 6.54 Å². The number of hydrogen-bond acceptors (Lipinski definition) is 4. The maximum atomic E-state index is 11.1. The summed E-state index contributed by atoms with van der Waals surface area (Å²) < 4.78 is 1.62. The summed E-state index contributed by atoms with van der Waals surface area (Å²) in [5, 5.41) is 22.1. The number of imidazole rings is 1. The maximum Gasteiger partial charge on any atom is 0.356 e. The van der Waals surface area contributed by atoms with Crippen molar-refractivity contribution < 1.29 is 15.0 Å². The van der Waals surface area contributed by atoms with Crippen LogP contribution in [0.2, 0.25) is 0 Å². The molecule has 0 unspecified atom stereocenters. The van der Waals surface area contributed by atoms with E-state index >= 15 is 0 Å². The zero-order chi connectivity index (χ0) is 12.7. The predicted octanol–water partition coefficient (Wildman–Crippen LogP) is 0.990. The van der Waals surface area contributed by atoms with E-state index in [9.17, 15) is 9.90 Å². The van der Waals surface area contributed by atoms with E-state index in [1.807, 2.05) is 0 Å². The van der Waals surface area contributed by atoms with Crippen LogP contribution < -0.4 is 5.32 Å². The second-order valence-corrected chi connectivity index (χ2v) is 4.45. The number of aromatic carboxylic acids is 1. The van der Waals surface area contributed by atoms with Gasteiger partial charge in [0.15, 0.2) is 5.69 Å². The quantitative estimate of drug-likeness (QED) is 0.750. The van der Waals surface area contributed by atoms with E-state index in [1.165, 1.54) is 6.07 Å². The van der Waals surface area contributed by atoms with Gasteiger partial charge >= 0.3 is 5.97 Å². The fourth-order valence-electron chi connectivity index (χ4n) is 1.98. The highest BCUT2D eigenvalue weighted by Gasteiger charge is 2.23. The van der Waals surface area contributed by atoms with Crippen LogP contribution in [0, 0.1) is 0 Å². The number of aromatic nitrogens is 2. The second-order valence-electron chi connectivity index (χ2n) is 4.45. The number of carbonyl (C=O) groups is 1. The number of pyridine rings is 1. The van der Waals surface area contributed by atoms with Gasteiger partial charge in [0, 0.05) is 12.2 Å². The van der Waals surface area contributed by atoms with Crippen molar-refractivity contribution in [2.75, 3.05) is 0 Å². The Labute approximate surface area is 103 Å². The Morgan fingerprint density at radius 2 is 2.33 bits per heavy atom. The summed E-state index contributed by atoms with van der Waals surface area (Å²) in [6.45, 7) is 0.503. The van der Waals surface area contributed by atoms with Crippen molar-refractivity contribution in [2.24, 2.45) is 0 Å². The lowest BCUT2D eigenvalue weighted by Crippen LogP contribution is -2.17. The van der Waals surface area contributed by atoms with Crippen LogP contribution in [-0.2, 0) is 6.54 Å². The van der Waals surface area contributed by atoms with Crippen LogP contribution in [0.1, 0.15) is 29.2 Å². The van der Waals surface area contributed by atoms with Crippen molar-refractivity contribution in [2.45, 2.75) is 25.4 Å². The molecule has 0 spiro atoms. The summed E-state index contributed by atoms with van der Waals surface area (Å²) in [7, 11) is 0. The molecular formula is C12H13N3O3. The Kier molecular flexibility index (Phi) is 2.45. The Hall–Kier alpha value is -2.08. The molecule has 1 aliphatic rings. The minimum atomic E-state index is -1.13.